The maximum atomic E-state index is 14.9. The Morgan fingerprint density at radius 3 is 2.67 bits per heavy atom. The SMILES string of the molecule is Cc1ccncc1-c1cc(F)c2n[nH]c(-c3nc4nccc(-c5cccc(F)c5)c4[nH]3)c2c1. The first-order valence-electron chi connectivity index (χ1n) is 10.3. The van der Waals surface area contributed by atoms with Crippen LogP contribution in [0.25, 0.3) is 55.8 Å². The third kappa shape index (κ3) is 3.15. The van der Waals surface area contributed by atoms with Crippen molar-refractivity contribution in [2.75, 3.05) is 0 Å². The van der Waals surface area contributed by atoms with E-state index in [1.165, 1.54) is 18.2 Å². The van der Waals surface area contributed by atoms with Gasteiger partial charge < -0.3 is 4.98 Å². The third-order valence-electron chi connectivity index (χ3n) is 5.73. The van der Waals surface area contributed by atoms with Crippen molar-refractivity contribution in [2.45, 2.75) is 6.92 Å². The van der Waals surface area contributed by atoms with Gasteiger partial charge in [0.05, 0.1) is 5.52 Å². The maximum Gasteiger partial charge on any atom is 0.178 e. The van der Waals surface area contributed by atoms with Crippen molar-refractivity contribution in [1.82, 2.24) is 30.1 Å². The second-order valence-electron chi connectivity index (χ2n) is 7.80. The first-order chi connectivity index (χ1) is 16.1. The summed E-state index contributed by atoms with van der Waals surface area (Å²) >= 11 is 0. The van der Waals surface area contributed by atoms with Crippen LogP contribution in [-0.2, 0) is 0 Å². The lowest BCUT2D eigenvalue weighted by Crippen LogP contribution is -1.88. The first kappa shape index (κ1) is 19.2. The second-order valence-corrected chi connectivity index (χ2v) is 7.80. The molecule has 4 aromatic heterocycles. The fraction of sp³-hybridized carbons (Fsp3) is 0.0400. The number of H-pyrrole nitrogens is 2. The van der Waals surface area contributed by atoms with Crippen LogP contribution in [0.5, 0.6) is 0 Å². The van der Waals surface area contributed by atoms with Crippen LogP contribution < -0.4 is 0 Å². The summed E-state index contributed by atoms with van der Waals surface area (Å²) in [6, 6.07) is 13.3. The van der Waals surface area contributed by atoms with E-state index < -0.39 is 5.82 Å². The molecule has 0 aliphatic rings. The topological polar surface area (TPSA) is 83.1 Å². The highest BCUT2D eigenvalue weighted by atomic mass is 19.1. The van der Waals surface area contributed by atoms with Gasteiger partial charge in [-0.25, -0.2) is 18.7 Å². The van der Waals surface area contributed by atoms with Gasteiger partial charge in [-0.15, -0.1) is 0 Å². The van der Waals surface area contributed by atoms with Gasteiger partial charge in [0.15, 0.2) is 17.3 Å². The number of aryl methyl sites for hydroxylation is 1. The number of nitrogens with one attached hydrogen (secondary N) is 2. The Labute approximate surface area is 186 Å². The second kappa shape index (κ2) is 7.30. The monoisotopic (exact) mass is 438 g/mol. The average Bonchev–Trinajstić information content (AvgIpc) is 3.43. The molecule has 6 rings (SSSR count). The zero-order valence-corrected chi connectivity index (χ0v) is 17.4. The van der Waals surface area contributed by atoms with Gasteiger partial charge >= 0.3 is 0 Å². The summed E-state index contributed by atoms with van der Waals surface area (Å²) < 4.78 is 28.7. The molecule has 0 aliphatic carbocycles. The van der Waals surface area contributed by atoms with Crippen molar-refractivity contribution in [3.05, 3.63) is 84.3 Å². The van der Waals surface area contributed by atoms with E-state index in [0.29, 0.717) is 39.2 Å². The zero-order valence-electron chi connectivity index (χ0n) is 17.4. The highest BCUT2D eigenvalue weighted by Crippen LogP contribution is 2.34. The lowest BCUT2D eigenvalue weighted by Gasteiger charge is -2.06. The van der Waals surface area contributed by atoms with Gasteiger partial charge in [0.25, 0.3) is 0 Å². The predicted molar refractivity (Wildman–Crippen MR) is 122 cm³/mol. The zero-order chi connectivity index (χ0) is 22.5. The lowest BCUT2D eigenvalue weighted by atomic mass is 10.0. The standard InChI is InChI=1S/C25H16F2N6/c1-13-5-7-28-12-19(13)15-10-18-21(20(27)11-15)32-33-23(18)25-30-22-17(6-8-29-24(22)31-25)14-3-2-4-16(26)9-14/h2-12H,1H3,(H,32,33)(H,29,30,31). The first-order valence-corrected chi connectivity index (χ1v) is 10.3. The maximum absolute atomic E-state index is 14.9. The summed E-state index contributed by atoms with van der Waals surface area (Å²) in [6.45, 7) is 1.95. The Bertz CT molecular complexity index is 1670. The van der Waals surface area contributed by atoms with E-state index in [-0.39, 0.29) is 11.3 Å². The minimum atomic E-state index is -0.442. The molecule has 0 saturated heterocycles. The minimum Gasteiger partial charge on any atom is -0.335 e. The molecule has 0 atom stereocenters. The van der Waals surface area contributed by atoms with Crippen LogP contribution in [0.15, 0.2) is 67.1 Å². The molecule has 0 fully saturated rings. The van der Waals surface area contributed by atoms with E-state index in [4.69, 9.17) is 0 Å². The Morgan fingerprint density at radius 2 is 1.82 bits per heavy atom. The summed E-state index contributed by atoms with van der Waals surface area (Å²) in [6.07, 6.45) is 5.04. The number of hydrogen-bond acceptors (Lipinski definition) is 4. The number of aromatic nitrogens is 6. The van der Waals surface area contributed by atoms with Gasteiger partial charge in [0.2, 0.25) is 0 Å². The molecule has 6 nitrogen and oxygen atoms in total. The molecule has 6 aromatic rings. The van der Waals surface area contributed by atoms with Crippen molar-refractivity contribution < 1.29 is 8.78 Å². The van der Waals surface area contributed by atoms with E-state index in [1.54, 1.807) is 30.7 Å². The molecule has 2 aromatic carbocycles. The Kier molecular flexibility index (Phi) is 4.26. The molecule has 0 saturated carbocycles. The van der Waals surface area contributed by atoms with Gasteiger partial charge in [0, 0.05) is 35.1 Å². The predicted octanol–water partition coefficient (Wildman–Crippen LogP) is 5.82. The molecule has 0 spiro atoms. The van der Waals surface area contributed by atoms with E-state index in [2.05, 4.69) is 30.1 Å². The largest absolute Gasteiger partial charge is 0.335 e. The number of benzene rings is 2. The van der Waals surface area contributed by atoms with Crippen LogP contribution in [0.3, 0.4) is 0 Å². The number of halogens is 2. The summed E-state index contributed by atoms with van der Waals surface area (Å²) in [5, 5.41) is 7.66. The van der Waals surface area contributed by atoms with Crippen molar-refractivity contribution in [3.63, 3.8) is 0 Å². The fourth-order valence-electron chi connectivity index (χ4n) is 4.10. The molecule has 0 bridgehead atoms. The van der Waals surface area contributed by atoms with Crippen LogP contribution in [0, 0.1) is 18.6 Å². The van der Waals surface area contributed by atoms with Crippen LogP contribution in [-0.4, -0.2) is 30.1 Å². The molecule has 8 heteroatoms. The number of nitrogens with zero attached hydrogens (tertiary/aromatic N) is 4. The molecule has 33 heavy (non-hydrogen) atoms. The number of pyridine rings is 2. The van der Waals surface area contributed by atoms with Crippen LogP contribution in [0.1, 0.15) is 5.56 Å². The Balaban J connectivity index is 1.55. The van der Waals surface area contributed by atoms with Crippen LogP contribution >= 0.6 is 0 Å². The van der Waals surface area contributed by atoms with E-state index in [9.17, 15) is 8.78 Å². The molecule has 2 N–H and O–H groups in total. The quantitative estimate of drug-likeness (QED) is 0.365. The minimum absolute atomic E-state index is 0.217. The number of aromatic amines is 2. The number of fused-ring (bicyclic) bond motifs is 2. The Hall–Kier alpha value is -4.46. The lowest BCUT2D eigenvalue weighted by molar-refractivity contribution is 0.628. The number of hydrogen-bond donors (Lipinski definition) is 2. The molecular formula is C25H16F2N6. The van der Waals surface area contributed by atoms with Gasteiger partial charge in [-0.2, -0.15) is 5.10 Å². The number of rotatable bonds is 3. The molecule has 0 aliphatic heterocycles. The fourth-order valence-corrected chi connectivity index (χ4v) is 4.10. The van der Waals surface area contributed by atoms with Crippen molar-refractivity contribution in [2.24, 2.45) is 0 Å². The van der Waals surface area contributed by atoms with Crippen LogP contribution in [0.2, 0.25) is 0 Å². The average molecular weight is 438 g/mol. The third-order valence-corrected chi connectivity index (χ3v) is 5.73. The van der Waals surface area contributed by atoms with E-state index >= 15 is 0 Å². The summed E-state index contributed by atoms with van der Waals surface area (Å²) in [5.41, 5.74) is 5.86. The van der Waals surface area contributed by atoms with Gasteiger partial charge in [-0.3, -0.25) is 10.1 Å². The van der Waals surface area contributed by atoms with Crippen molar-refractivity contribution >= 4 is 22.1 Å². The van der Waals surface area contributed by atoms with Gasteiger partial charge in [-0.1, -0.05) is 12.1 Å². The van der Waals surface area contributed by atoms with Gasteiger partial charge in [-0.05, 0) is 60.0 Å². The normalized spacial score (nSPS) is 11.5. The summed E-state index contributed by atoms with van der Waals surface area (Å²) in [4.78, 5) is 16.4. The summed E-state index contributed by atoms with van der Waals surface area (Å²) in [7, 11) is 0. The molecule has 4 heterocycles. The number of imidazole rings is 1. The highest BCUT2D eigenvalue weighted by Gasteiger charge is 2.18. The van der Waals surface area contributed by atoms with Crippen molar-refractivity contribution in [1.29, 1.82) is 0 Å². The summed E-state index contributed by atoms with van der Waals surface area (Å²) in [5.74, 6) is -0.309. The molecule has 160 valence electrons. The highest BCUT2D eigenvalue weighted by molar-refractivity contribution is 5.97. The van der Waals surface area contributed by atoms with Crippen LogP contribution in [0.4, 0.5) is 8.78 Å². The van der Waals surface area contributed by atoms with E-state index in [0.717, 1.165) is 16.7 Å². The molecule has 0 amide bonds. The molecular weight excluding hydrogens is 422 g/mol. The molecule has 0 unspecified atom stereocenters. The van der Waals surface area contributed by atoms with Gasteiger partial charge in [0.1, 0.15) is 17.0 Å². The van der Waals surface area contributed by atoms with E-state index in [1.807, 2.05) is 25.1 Å². The molecule has 0 radical (unpaired) electrons. The smallest absolute Gasteiger partial charge is 0.178 e. The van der Waals surface area contributed by atoms with Crippen molar-refractivity contribution in [3.8, 4) is 33.8 Å². The Morgan fingerprint density at radius 1 is 0.909 bits per heavy atom.